The zero-order chi connectivity index (χ0) is 19.4. The van der Waals surface area contributed by atoms with Gasteiger partial charge in [-0.05, 0) is 36.6 Å². The highest BCUT2D eigenvalue weighted by Crippen LogP contribution is 2.32. The van der Waals surface area contributed by atoms with Crippen molar-refractivity contribution in [1.82, 2.24) is 5.32 Å². The Morgan fingerprint density at radius 1 is 1.15 bits per heavy atom. The molecule has 27 heavy (non-hydrogen) atoms. The smallest absolute Gasteiger partial charge is 0.313 e. The van der Waals surface area contributed by atoms with Gasteiger partial charge in [0.1, 0.15) is 11.7 Å². The molecule has 0 radical (unpaired) electrons. The van der Waals surface area contributed by atoms with Crippen molar-refractivity contribution in [3.8, 4) is 6.07 Å². The van der Waals surface area contributed by atoms with E-state index in [1.54, 1.807) is 25.1 Å². The van der Waals surface area contributed by atoms with Gasteiger partial charge in [0.2, 0.25) is 0 Å². The summed E-state index contributed by atoms with van der Waals surface area (Å²) in [4.78, 5) is 24.8. The molecular formula is C20H17N3O3S. The van der Waals surface area contributed by atoms with Crippen LogP contribution in [0.3, 0.4) is 0 Å². The first-order valence-electron chi connectivity index (χ1n) is 8.20. The fraction of sp³-hybridized carbons (Fsp3) is 0.150. The minimum Gasteiger partial charge on any atom is -0.383 e. The third-order valence-electron chi connectivity index (χ3n) is 4.05. The summed E-state index contributed by atoms with van der Waals surface area (Å²) in [6, 6.07) is 18.0. The number of thiophene rings is 1. The van der Waals surface area contributed by atoms with E-state index in [0.29, 0.717) is 4.88 Å². The highest BCUT2D eigenvalue weighted by molar-refractivity contribution is 7.19. The zero-order valence-electron chi connectivity index (χ0n) is 14.5. The Morgan fingerprint density at radius 3 is 2.59 bits per heavy atom. The van der Waals surface area contributed by atoms with E-state index in [-0.39, 0.29) is 17.8 Å². The van der Waals surface area contributed by atoms with Crippen LogP contribution in [-0.2, 0) is 15.2 Å². The number of hydrogen-bond acceptors (Lipinski definition) is 5. The number of carbonyl (C=O) groups is 2. The van der Waals surface area contributed by atoms with Gasteiger partial charge in [-0.25, -0.2) is 0 Å². The summed E-state index contributed by atoms with van der Waals surface area (Å²) >= 11 is 1.43. The third-order valence-corrected chi connectivity index (χ3v) is 5.42. The van der Waals surface area contributed by atoms with Gasteiger partial charge in [0.05, 0.1) is 17.8 Å². The molecule has 0 fully saturated rings. The molecule has 3 aromatic rings. The van der Waals surface area contributed by atoms with E-state index in [1.165, 1.54) is 17.4 Å². The monoisotopic (exact) mass is 379 g/mol. The van der Waals surface area contributed by atoms with E-state index in [2.05, 4.69) is 10.6 Å². The van der Waals surface area contributed by atoms with Crippen LogP contribution in [0.15, 0.2) is 54.6 Å². The number of aliphatic hydroxyl groups is 1. The van der Waals surface area contributed by atoms with Crippen LogP contribution in [0.2, 0.25) is 0 Å². The largest absolute Gasteiger partial charge is 0.383 e. The number of rotatable bonds is 4. The molecule has 0 aliphatic rings. The van der Waals surface area contributed by atoms with Gasteiger partial charge in [0.15, 0.2) is 0 Å². The highest BCUT2D eigenvalue weighted by atomic mass is 32.1. The highest BCUT2D eigenvalue weighted by Gasteiger charge is 2.27. The van der Waals surface area contributed by atoms with E-state index >= 15 is 0 Å². The number of hydrogen-bond donors (Lipinski definition) is 3. The summed E-state index contributed by atoms with van der Waals surface area (Å²) in [5, 5.41) is 25.6. The van der Waals surface area contributed by atoms with Crippen LogP contribution < -0.4 is 10.6 Å². The number of nitrogens with one attached hydrogen (secondary N) is 2. The molecule has 3 rings (SSSR count). The zero-order valence-corrected chi connectivity index (χ0v) is 15.3. The lowest BCUT2D eigenvalue weighted by Crippen LogP contribution is -2.43. The van der Waals surface area contributed by atoms with Crippen molar-refractivity contribution in [3.05, 3.63) is 65.0 Å². The van der Waals surface area contributed by atoms with Gasteiger partial charge in [-0.3, -0.25) is 9.59 Å². The predicted molar refractivity (Wildman–Crippen MR) is 104 cm³/mol. The minimum atomic E-state index is -1.32. The van der Waals surface area contributed by atoms with Crippen LogP contribution in [0.25, 0.3) is 10.1 Å². The second-order valence-electron chi connectivity index (χ2n) is 6.22. The van der Waals surface area contributed by atoms with E-state index in [9.17, 15) is 14.7 Å². The molecule has 1 atom stereocenters. The molecule has 0 aliphatic heterocycles. The Labute approximate surface area is 160 Å². The first-order valence-corrected chi connectivity index (χ1v) is 9.02. The summed E-state index contributed by atoms with van der Waals surface area (Å²) in [6.45, 7) is 1.47. The number of fused-ring (bicyclic) bond motifs is 1. The molecule has 136 valence electrons. The minimum absolute atomic E-state index is 0.119. The lowest BCUT2D eigenvalue weighted by Gasteiger charge is -2.22. The van der Waals surface area contributed by atoms with Crippen molar-refractivity contribution in [3.63, 3.8) is 0 Å². The van der Waals surface area contributed by atoms with Gasteiger partial charge in [-0.15, -0.1) is 11.3 Å². The molecule has 0 bridgehead atoms. The van der Waals surface area contributed by atoms with Crippen molar-refractivity contribution in [2.45, 2.75) is 12.5 Å². The lowest BCUT2D eigenvalue weighted by molar-refractivity contribution is -0.136. The second-order valence-corrected chi connectivity index (χ2v) is 7.30. The van der Waals surface area contributed by atoms with Gasteiger partial charge in [-0.2, -0.15) is 5.26 Å². The first-order chi connectivity index (χ1) is 12.9. The van der Waals surface area contributed by atoms with E-state index in [0.717, 1.165) is 10.1 Å². The Morgan fingerprint density at radius 2 is 1.85 bits per heavy atom. The molecule has 2 amide bonds. The maximum atomic E-state index is 12.1. The number of benzene rings is 2. The molecule has 0 aliphatic carbocycles. The van der Waals surface area contributed by atoms with E-state index < -0.39 is 17.4 Å². The lowest BCUT2D eigenvalue weighted by atomic mass is 10.0. The van der Waals surface area contributed by atoms with Crippen molar-refractivity contribution in [2.24, 2.45) is 0 Å². The predicted octanol–water partition coefficient (Wildman–Crippen LogP) is 2.74. The number of amides is 2. The molecule has 0 saturated carbocycles. The van der Waals surface area contributed by atoms with Gasteiger partial charge < -0.3 is 15.7 Å². The van der Waals surface area contributed by atoms with Gasteiger partial charge in [-0.1, -0.05) is 30.3 Å². The van der Waals surface area contributed by atoms with Crippen molar-refractivity contribution < 1.29 is 14.7 Å². The summed E-state index contributed by atoms with van der Waals surface area (Å²) in [5.41, 5.74) is -0.795. The molecule has 0 unspecified atom stereocenters. The first kappa shape index (κ1) is 18.6. The number of para-hydroxylation sites is 1. The molecule has 1 heterocycles. The van der Waals surface area contributed by atoms with Crippen molar-refractivity contribution in [2.75, 3.05) is 11.9 Å². The van der Waals surface area contributed by atoms with E-state index in [1.807, 2.05) is 36.4 Å². The Bertz CT molecular complexity index is 1020. The van der Waals surface area contributed by atoms with Gasteiger partial charge in [0, 0.05) is 9.58 Å². The SMILES string of the molecule is C[C@](O)(CNC(=O)C(=O)Nc1ccccc1C#N)c1cc2ccccc2s1. The summed E-state index contributed by atoms with van der Waals surface area (Å²) in [5.74, 6) is -1.78. The quantitative estimate of drug-likeness (QED) is 0.607. The Balaban J connectivity index is 1.65. The van der Waals surface area contributed by atoms with Crippen molar-refractivity contribution in [1.29, 1.82) is 5.26 Å². The molecule has 7 heteroatoms. The fourth-order valence-corrected chi connectivity index (χ4v) is 3.64. The molecular weight excluding hydrogens is 362 g/mol. The van der Waals surface area contributed by atoms with Crippen molar-refractivity contribution >= 4 is 38.9 Å². The molecule has 1 aromatic heterocycles. The normalized spacial score (nSPS) is 12.8. The average molecular weight is 379 g/mol. The number of carbonyl (C=O) groups excluding carboxylic acids is 2. The summed E-state index contributed by atoms with van der Waals surface area (Å²) in [6.07, 6.45) is 0. The topological polar surface area (TPSA) is 102 Å². The Kier molecular flexibility index (Phi) is 5.21. The molecule has 3 N–H and O–H groups in total. The summed E-state index contributed by atoms with van der Waals surface area (Å²) < 4.78 is 1.03. The number of nitriles is 1. The van der Waals surface area contributed by atoms with Crippen LogP contribution in [-0.4, -0.2) is 23.5 Å². The molecule has 0 spiro atoms. The maximum Gasteiger partial charge on any atom is 0.313 e. The standard InChI is InChI=1S/C20H17N3O3S/c1-20(26,17-10-13-6-3-5-9-16(13)27-17)12-22-18(24)19(25)23-15-8-4-2-7-14(15)11-21/h2-10,26H,12H2,1H3,(H,22,24)(H,23,25)/t20-/m0/s1. The third kappa shape index (κ3) is 4.14. The Hall–Kier alpha value is -3.21. The van der Waals surface area contributed by atoms with Crippen LogP contribution in [0.4, 0.5) is 5.69 Å². The summed E-state index contributed by atoms with van der Waals surface area (Å²) in [7, 11) is 0. The van der Waals surface area contributed by atoms with Crippen LogP contribution in [0, 0.1) is 11.3 Å². The maximum absolute atomic E-state index is 12.1. The van der Waals surface area contributed by atoms with Crippen LogP contribution >= 0.6 is 11.3 Å². The second kappa shape index (κ2) is 7.58. The number of anilines is 1. The number of nitrogens with zero attached hydrogens (tertiary/aromatic N) is 1. The van der Waals surface area contributed by atoms with Crippen LogP contribution in [0.1, 0.15) is 17.4 Å². The fourth-order valence-electron chi connectivity index (χ4n) is 2.54. The molecule has 2 aromatic carbocycles. The van der Waals surface area contributed by atoms with Gasteiger partial charge >= 0.3 is 11.8 Å². The van der Waals surface area contributed by atoms with Gasteiger partial charge in [0.25, 0.3) is 0 Å². The van der Waals surface area contributed by atoms with E-state index in [4.69, 9.17) is 5.26 Å². The van der Waals surface area contributed by atoms with Crippen LogP contribution in [0.5, 0.6) is 0 Å². The average Bonchev–Trinajstić information content (AvgIpc) is 3.12. The molecule has 0 saturated heterocycles. The molecule has 6 nitrogen and oxygen atoms in total.